The van der Waals surface area contributed by atoms with Crippen molar-refractivity contribution in [3.8, 4) is 11.1 Å². The molecule has 4 aromatic rings. The first kappa shape index (κ1) is 31.2. The third kappa shape index (κ3) is 7.26. The van der Waals surface area contributed by atoms with Crippen molar-refractivity contribution < 1.29 is 19.1 Å². The molecular weight excluding hydrogens is 580 g/mol. The topological polar surface area (TPSA) is 127 Å². The second-order valence-electron chi connectivity index (χ2n) is 10.8. The number of nitrogens with one attached hydrogen (secondary N) is 3. The summed E-state index contributed by atoms with van der Waals surface area (Å²) in [5.74, 6) is -0.774. The van der Waals surface area contributed by atoms with Crippen molar-refractivity contribution in [1.82, 2.24) is 25.4 Å². The molecule has 2 aromatic heterocycles. The smallest absolute Gasteiger partial charge is 0.229 e. The lowest BCUT2D eigenvalue weighted by Crippen LogP contribution is -2.32. The van der Waals surface area contributed by atoms with E-state index in [2.05, 4.69) is 21.0 Å². The number of carbonyl (C=O) groups excluding carboxylic acids is 3. The Kier molecular flexibility index (Phi) is 10.2. The fourth-order valence-electron chi connectivity index (χ4n) is 5.44. The van der Waals surface area contributed by atoms with Crippen LogP contribution in [-0.4, -0.2) is 52.1 Å². The van der Waals surface area contributed by atoms with E-state index in [4.69, 9.17) is 21.3 Å². The number of rotatable bonds is 12. The minimum absolute atomic E-state index is 0.227. The first-order valence-electron chi connectivity index (χ1n) is 15.0. The highest BCUT2D eigenvalue weighted by molar-refractivity contribution is 6.33. The number of hydrogen-bond donors (Lipinski definition) is 3. The van der Waals surface area contributed by atoms with Crippen LogP contribution in [0.15, 0.2) is 48.7 Å². The Morgan fingerprint density at radius 2 is 1.84 bits per heavy atom. The molecule has 1 aliphatic rings. The van der Waals surface area contributed by atoms with Gasteiger partial charge in [0.25, 0.3) is 0 Å². The number of ether oxygens (including phenoxy) is 1. The zero-order valence-electron chi connectivity index (χ0n) is 25.0. The van der Waals surface area contributed by atoms with Crippen LogP contribution in [0.25, 0.3) is 22.2 Å². The van der Waals surface area contributed by atoms with Gasteiger partial charge in [-0.1, -0.05) is 42.8 Å². The van der Waals surface area contributed by atoms with Gasteiger partial charge in [-0.25, -0.2) is 9.67 Å². The van der Waals surface area contributed by atoms with Crippen LogP contribution in [0.1, 0.15) is 60.3 Å². The minimum Gasteiger partial charge on any atom is -0.381 e. The molecule has 11 heteroatoms. The van der Waals surface area contributed by atoms with E-state index in [1.165, 1.54) is 0 Å². The molecule has 2 amide bonds. The first-order chi connectivity index (χ1) is 21.4. The number of carbonyl (C=O) groups is 3. The zero-order chi connectivity index (χ0) is 31.1. The third-order valence-corrected chi connectivity index (χ3v) is 8.14. The zero-order valence-corrected chi connectivity index (χ0v) is 25.7. The highest BCUT2D eigenvalue weighted by Crippen LogP contribution is 2.32. The number of aldehydes is 1. The van der Waals surface area contributed by atoms with Crippen molar-refractivity contribution in [2.24, 2.45) is 0 Å². The van der Waals surface area contributed by atoms with E-state index in [1.807, 2.05) is 42.9 Å². The van der Waals surface area contributed by atoms with Gasteiger partial charge in [0.1, 0.15) is 12.7 Å². The second-order valence-corrected chi connectivity index (χ2v) is 11.2. The van der Waals surface area contributed by atoms with Crippen LogP contribution >= 0.6 is 11.6 Å². The summed E-state index contributed by atoms with van der Waals surface area (Å²) in [6.45, 7) is 6.64. The van der Waals surface area contributed by atoms with Gasteiger partial charge in [0.15, 0.2) is 5.65 Å². The van der Waals surface area contributed by atoms with Crippen molar-refractivity contribution in [3.63, 3.8) is 0 Å². The fraction of sp³-hybridized carbons (Fsp3) is 0.364. The summed E-state index contributed by atoms with van der Waals surface area (Å²) in [7, 11) is 0. The molecular formula is C33H37ClN6O4. The normalized spacial score (nSPS) is 13.5. The van der Waals surface area contributed by atoms with E-state index in [0.717, 1.165) is 63.8 Å². The van der Waals surface area contributed by atoms with Gasteiger partial charge in [-0.15, -0.1) is 0 Å². The van der Waals surface area contributed by atoms with Crippen molar-refractivity contribution in [3.05, 3.63) is 76.1 Å². The number of benzene rings is 2. The number of aromatic nitrogens is 3. The molecule has 10 nitrogen and oxygen atoms in total. The molecule has 0 saturated carbocycles. The summed E-state index contributed by atoms with van der Waals surface area (Å²) in [5.41, 5.74) is 6.46. The van der Waals surface area contributed by atoms with Gasteiger partial charge in [-0.3, -0.25) is 14.4 Å². The molecule has 0 bridgehead atoms. The van der Waals surface area contributed by atoms with Crippen LogP contribution in [-0.2, 0) is 40.4 Å². The lowest BCUT2D eigenvalue weighted by molar-refractivity contribution is -0.129. The van der Waals surface area contributed by atoms with Crippen molar-refractivity contribution in [2.45, 2.75) is 65.2 Å². The van der Waals surface area contributed by atoms with Gasteiger partial charge < -0.3 is 20.7 Å². The minimum atomic E-state index is -0.393. The molecule has 44 heavy (non-hydrogen) atoms. The summed E-state index contributed by atoms with van der Waals surface area (Å²) in [6, 6.07) is 12.8. The molecule has 1 aliphatic heterocycles. The SMILES string of the molecule is CCc1nc2c(cnn2CC)c(NC2CCOCC2)c1CNC(=O)CC(=O)NCc1ccc(Cl)c(-c2cccc(C=O)c2)c1. The summed E-state index contributed by atoms with van der Waals surface area (Å²) in [5, 5.41) is 15.4. The Bertz CT molecular complexity index is 1660. The van der Waals surface area contributed by atoms with Crippen LogP contribution in [0, 0.1) is 0 Å². The van der Waals surface area contributed by atoms with E-state index in [-0.39, 0.29) is 31.5 Å². The van der Waals surface area contributed by atoms with Crippen LogP contribution in [0.4, 0.5) is 5.69 Å². The molecule has 0 radical (unpaired) electrons. The maximum atomic E-state index is 12.9. The molecule has 3 N–H and O–H groups in total. The quantitative estimate of drug-likeness (QED) is 0.150. The lowest BCUT2D eigenvalue weighted by Gasteiger charge is -2.26. The Morgan fingerprint density at radius 1 is 1.07 bits per heavy atom. The Morgan fingerprint density at radius 3 is 2.57 bits per heavy atom. The van der Waals surface area contributed by atoms with E-state index in [0.29, 0.717) is 36.8 Å². The Hall–Kier alpha value is -4.28. The van der Waals surface area contributed by atoms with Gasteiger partial charge >= 0.3 is 0 Å². The Labute approximate surface area is 261 Å². The van der Waals surface area contributed by atoms with E-state index >= 15 is 0 Å². The summed E-state index contributed by atoms with van der Waals surface area (Å²) in [6.07, 6.45) is 4.76. The van der Waals surface area contributed by atoms with E-state index in [9.17, 15) is 14.4 Å². The van der Waals surface area contributed by atoms with Crippen LogP contribution < -0.4 is 16.0 Å². The van der Waals surface area contributed by atoms with E-state index < -0.39 is 5.91 Å². The molecule has 3 heterocycles. The van der Waals surface area contributed by atoms with E-state index in [1.54, 1.807) is 24.3 Å². The number of nitrogens with zero attached hydrogens (tertiary/aromatic N) is 3. The average molecular weight is 617 g/mol. The highest BCUT2D eigenvalue weighted by atomic mass is 35.5. The number of anilines is 1. The number of pyridine rings is 1. The van der Waals surface area contributed by atoms with Crippen molar-refractivity contribution in [2.75, 3.05) is 18.5 Å². The number of halogens is 1. The molecule has 0 aliphatic carbocycles. The number of fused-ring (bicyclic) bond motifs is 1. The van der Waals surface area contributed by atoms with Crippen LogP contribution in [0.3, 0.4) is 0 Å². The molecule has 2 aromatic carbocycles. The fourth-order valence-corrected chi connectivity index (χ4v) is 5.67. The first-order valence-corrected chi connectivity index (χ1v) is 15.4. The number of aryl methyl sites for hydroxylation is 2. The van der Waals surface area contributed by atoms with Crippen LogP contribution in [0.2, 0.25) is 5.02 Å². The van der Waals surface area contributed by atoms with Crippen molar-refractivity contribution in [1.29, 1.82) is 0 Å². The number of amides is 2. The van der Waals surface area contributed by atoms with Gasteiger partial charge in [0.2, 0.25) is 11.8 Å². The maximum absolute atomic E-state index is 12.9. The molecule has 230 valence electrons. The maximum Gasteiger partial charge on any atom is 0.229 e. The molecule has 0 spiro atoms. The monoisotopic (exact) mass is 616 g/mol. The van der Waals surface area contributed by atoms with Gasteiger partial charge in [-0.2, -0.15) is 5.10 Å². The molecule has 0 unspecified atom stereocenters. The summed E-state index contributed by atoms with van der Waals surface area (Å²) < 4.78 is 7.42. The predicted octanol–water partition coefficient (Wildman–Crippen LogP) is 5.06. The molecule has 0 atom stereocenters. The summed E-state index contributed by atoms with van der Waals surface area (Å²) >= 11 is 6.42. The van der Waals surface area contributed by atoms with Gasteiger partial charge in [0.05, 0.1) is 17.3 Å². The third-order valence-electron chi connectivity index (χ3n) is 7.81. The molecule has 1 saturated heterocycles. The van der Waals surface area contributed by atoms with Crippen molar-refractivity contribution >= 4 is 46.4 Å². The summed E-state index contributed by atoms with van der Waals surface area (Å²) in [4.78, 5) is 41.7. The van der Waals surface area contributed by atoms with Gasteiger partial charge in [-0.05, 0) is 55.5 Å². The second kappa shape index (κ2) is 14.5. The average Bonchev–Trinajstić information content (AvgIpc) is 3.47. The molecule has 1 fully saturated rings. The Balaban J connectivity index is 1.24. The van der Waals surface area contributed by atoms with Crippen LogP contribution in [0.5, 0.6) is 0 Å². The predicted molar refractivity (Wildman–Crippen MR) is 171 cm³/mol. The lowest BCUT2D eigenvalue weighted by atomic mass is 10.0. The molecule has 5 rings (SSSR count). The number of hydrogen-bond acceptors (Lipinski definition) is 7. The highest BCUT2D eigenvalue weighted by Gasteiger charge is 2.22. The standard InChI is InChI=1S/C33H37ClN6O4/c1-3-29-26(32(38-24-10-12-44-13-11-24)27-19-37-40(4-2)33(27)39-29)18-36-31(43)16-30(42)35-17-21-8-9-28(34)25(15-21)23-7-5-6-22(14-23)20-41/h5-9,14-15,19-20,24H,3-4,10-13,16-18H2,1-2H3,(H,35,42)(H,36,43)(H,38,39). The largest absolute Gasteiger partial charge is 0.381 e. The van der Waals surface area contributed by atoms with Gasteiger partial charge in [0, 0.05) is 66.3 Å².